The summed E-state index contributed by atoms with van der Waals surface area (Å²) in [6.07, 6.45) is 3.74. The number of rotatable bonds is 5. The molecule has 0 aromatic heterocycles. The van der Waals surface area contributed by atoms with Crippen LogP contribution in [-0.2, 0) is 16.0 Å². The monoisotopic (exact) mass is 231 g/mol. The highest BCUT2D eigenvalue weighted by Gasteiger charge is 1.98. The Labute approximate surface area is 102 Å². The highest BCUT2D eigenvalue weighted by Crippen LogP contribution is 2.11. The molecule has 3 nitrogen and oxygen atoms in total. The first-order chi connectivity index (χ1) is 8.11. The van der Waals surface area contributed by atoms with Crippen molar-refractivity contribution >= 4 is 17.9 Å². The van der Waals surface area contributed by atoms with Crippen molar-refractivity contribution in [2.24, 2.45) is 0 Å². The zero-order valence-electron chi connectivity index (χ0n) is 10.2. The molecule has 0 radical (unpaired) electrons. The van der Waals surface area contributed by atoms with E-state index in [0.717, 1.165) is 29.5 Å². The summed E-state index contributed by atoms with van der Waals surface area (Å²) in [5.41, 5.74) is 2.82. The predicted molar refractivity (Wildman–Crippen MR) is 68.9 cm³/mol. The zero-order chi connectivity index (χ0) is 12.7. The molecule has 0 heterocycles. The fourth-order valence-electron chi connectivity index (χ4n) is 1.42. The van der Waals surface area contributed by atoms with Gasteiger partial charge in [-0.3, -0.25) is 4.79 Å². The van der Waals surface area contributed by atoms with E-state index in [1.807, 2.05) is 38.1 Å². The van der Waals surface area contributed by atoms with Crippen LogP contribution in [0.4, 0.5) is 5.69 Å². The summed E-state index contributed by atoms with van der Waals surface area (Å²) in [4.78, 5) is 21.7. The van der Waals surface area contributed by atoms with Crippen LogP contribution in [0.15, 0.2) is 35.9 Å². The molecule has 0 saturated carbocycles. The van der Waals surface area contributed by atoms with Crippen LogP contribution < -0.4 is 5.32 Å². The summed E-state index contributed by atoms with van der Waals surface area (Å²) < 4.78 is 0. The summed E-state index contributed by atoms with van der Waals surface area (Å²) in [6, 6.07) is 7.52. The number of hydrogen-bond donors (Lipinski definition) is 1. The molecule has 0 unspecified atom stereocenters. The van der Waals surface area contributed by atoms with E-state index in [-0.39, 0.29) is 5.91 Å². The summed E-state index contributed by atoms with van der Waals surface area (Å²) in [7, 11) is 0. The first-order valence-corrected chi connectivity index (χ1v) is 5.60. The second-order valence-electron chi connectivity index (χ2n) is 4.11. The molecule has 0 aliphatic rings. The van der Waals surface area contributed by atoms with Crippen LogP contribution in [0.3, 0.4) is 0 Å². The van der Waals surface area contributed by atoms with Crippen molar-refractivity contribution in [2.75, 3.05) is 5.32 Å². The molecule has 1 N–H and O–H groups in total. The van der Waals surface area contributed by atoms with Crippen LogP contribution in [0.1, 0.15) is 25.8 Å². The van der Waals surface area contributed by atoms with Crippen molar-refractivity contribution < 1.29 is 9.59 Å². The smallest absolute Gasteiger partial charge is 0.248 e. The van der Waals surface area contributed by atoms with Crippen LogP contribution in [0.25, 0.3) is 0 Å². The summed E-state index contributed by atoms with van der Waals surface area (Å²) in [5, 5.41) is 2.77. The Hall–Kier alpha value is -1.90. The fourth-order valence-corrected chi connectivity index (χ4v) is 1.42. The van der Waals surface area contributed by atoms with E-state index in [4.69, 9.17) is 0 Å². The maximum Gasteiger partial charge on any atom is 0.248 e. The third-order valence-electron chi connectivity index (χ3n) is 2.19. The third-order valence-corrected chi connectivity index (χ3v) is 2.19. The fraction of sp³-hybridized carbons (Fsp3) is 0.286. The molecule has 90 valence electrons. The van der Waals surface area contributed by atoms with Gasteiger partial charge in [-0.1, -0.05) is 17.7 Å². The summed E-state index contributed by atoms with van der Waals surface area (Å²) in [5.74, 6) is -0.120. The van der Waals surface area contributed by atoms with Gasteiger partial charge < -0.3 is 10.1 Å². The van der Waals surface area contributed by atoms with Crippen LogP contribution in [0.2, 0.25) is 0 Å². The molecule has 1 aromatic carbocycles. The maximum atomic E-state index is 11.4. The molecular weight excluding hydrogens is 214 g/mol. The minimum Gasteiger partial charge on any atom is -0.323 e. The lowest BCUT2D eigenvalue weighted by molar-refractivity contribution is -0.112. The van der Waals surface area contributed by atoms with Gasteiger partial charge in [0.2, 0.25) is 5.91 Å². The minimum atomic E-state index is -0.120. The largest absolute Gasteiger partial charge is 0.323 e. The van der Waals surface area contributed by atoms with E-state index < -0.39 is 0 Å². The third kappa shape index (κ3) is 5.11. The predicted octanol–water partition coefficient (Wildman–Crippen LogP) is 2.72. The molecule has 1 aromatic rings. The molecule has 0 saturated heterocycles. The Bertz CT molecular complexity index is 414. The number of hydrogen-bond acceptors (Lipinski definition) is 2. The Morgan fingerprint density at radius 1 is 1.24 bits per heavy atom. The minimum absolute atomic E-state index is 0.120. The van der Waals surface area contributed by atoms with E-state index in [1.54, 1.807) is 6.08 Å². The highest BCUT2D eigenvalue weighted by atomic mass is 16.1. The first-order valence-electron chi connectivity index (χ1n) is 5.60. The molecule has 0 atom stereocenters. The number of aldehydes is 1. The Kier molecular flexibility index (Phi) is 5.14. The molecular formula is C14H17NO2. The number of allylic oxidation sites excluding steroid dienone is 1. The van der Waals surface area contributed by atoms with Crippen molar-refractivity contribution in [3.8, 4) is 0 Å². The lowest BCUT2D eigenvalue weighted by atomic mass is 10.1. The molecule has 17 heavy (non-hydrogen) atoms. The Morgan fingerprint density at radius 3 is 2.41 bits per heavy atom. The molecule has 0 fully saturated rings. The number of amides is 1. The Morgan fingerprint density at radius 2 is 1.88 bits per heavy atom. The van der Waals surface area contributed by atoms with Crippen molar-refractivity contribution in [3.05, 3.63) is 41.5 Å². The number of carbonyl (C=O) groups excluding carboxylic acids is 2. The molecule has 1 rings (SSSR count). The van der Waals surface area contributed by atoms with Crippen molar-refractivity contribution in [1.82, 2.24) is 0 Å². The van der Waals surface area contributed by atoms with Gasteiger partial charge in [-0.15, -0.1) is 0 Å². The van der Waals surface area contributed by atoms with Crippen LogP contribution in [0.5, 0.6) is 0 Å². The van der Waals surface area contributed by atoms with Crippen molar-refractivity contribution in [2.45, 2.75) is 26.7 Å². The molecule has 3 heteroatoms. The van der Waals surface area contributed by atoms with Gasteiger partial charge in [0.1, 0.15) is 6.29 Å². The van der Waals surface area contributed by atoms with Gasteiger partial charge in [0, 0.05) is 18.2 Å². The molecule has 0 spiro atoms. The molecule has 1 amide bonds. The van der Waals surface area contributed by atoms with Gasteiger partial charge in [-0.25, -0.2) is 0 Å². The number of aryl methyl sites for hydroxylation is 1. The number of carbonyl (C=O) groups is 2. The van der Waals surface area contributed by atoms with E-state index in [1.165, 1.54) is 0 Å². The second kappa shape index (κ2) is 6.63. The van der Waals surface area contributed by atoms with E-state index >= 15 is 0 Å². The van der Waals surface area contributed by atoms with Gasteiger partial charge in [-0.2, -0.15) is 0 Å². The van der Waals surface area contributed by atoms with Gasteiger partial charge >= 0.3 is 0 Å². The first kappa shape index (κ1) is 13.2. The SMILES string of the molecule is CC(C)=CC(=O)Nc1ccc(CCC=O)cc1. The number of benzene rings is 1. The molecule has 0 bridgehead atoms. The van der Waals surface area contributed by atoms with Crippen LogP contribution in [-0.4, -0.2) is 12.2 Å². The van der Waals surface area contributed by atoms with E-state index in [0.29, 0.717) is 6.42 Å². The summed E-state index contributed by atoms with van der Waals surface area (Å²) in [6.45, 7) is 3.75. The van der Waals surface area contributed by atoms with Crippen LogP contribution in [0, 0.1) is 0 Å². The maximum absolute atomic E-state index is 11.4. The lowest BCUT2D eigenvalue weighted by Gasteiger charge is -2.04. The van der Waals surface area contributed by atoms with Gasteiger partial charge in [0.05, 0.1) is 0 Å². The lowest BCUT2D eigenvalue weighted by Crippen LogP contribution is -2.08. The quantitative estimate of drug-likeness (QED) is 0.625. The average molecular weight is 231 g/mol. The van der Waals surface area contributed by atoms with Crippen LogP contribution >= 0.6 is 0 Å². The number of nitrogens with one attached hydrogen (secondary N) is 1. The summed E-state index contributed by atoms with van der Waals surface area (Å²) >= 11 is 0. The van der Waals surface area contributed by atoms with Gasteiger partial charge in [-0.05, 0) is 38.0 Å². The van der Waals surface area contributed by atoms with E-state index in [2.05, 4.69) is 5.32 Å². The molecule has 0 aliphatic carbocycles. The topological polar surface area (TPSA) is 46.2 Å². The zero-order valence-corrected chi connectivity index (χ0v) is 10.2. The number of anilines is 1. The van der Waals surface area contributed by atoms with Gasteiger partial charge in [0.25, 0.3) is 0 Å². The molecule has 0 aliphatic heterocycles. The van der Waals surface area contributed by atoms with Gasteiger partial charge in [0.15, 0.2) is 0 Å². The van der Waals surface area contributed by atoms with E-state index in [9.17, 15) is 9.59 Å². The van der Waals surface area contributed by atoms with Crippen molar-refractivity contribution in [1.29, 1.82) is 0 Å². The Balaban J connectivity index is 2.59. The normalized spacial score (nSPS) is 9.53. The standard InChI is InChI=1S/C14H17NO2/c1-11(2)10-14(17)15-13-7-5-12(6-8-13)4-3-9-16/h5-10H,3-4H2,1-2H3,(H,15,17). The highest BCUT2D eigenvalue weighted by molar-refractivity contribution is 5.99. The van der Waals surface area contributed by atoms with Crippen molar-refractivity contribution in [3.63, 3.8) is 0 Å². The average Bonchev–Trinajstić information content (AvgIpc) is 2.27. The second-order valence-corrected chi connectivity index (χ2v) is 4.11.